The maximum atomic E-state index is 12.0. The fourth-order valence-corrected chi connectivity index (χ4v) is 4.49. The minimum absolute atomic E-state index is 0.503. The molecule has 1 N–H and O–H groups in total. The Morgan fingerprint density at radius 1 is 1.00 bits per heavy atom. The van der Waals surface area contributed by atoms with E-state index in [1.807, 2.05) is 18.2 Å². The van der Waals surface area contributed by atoms with E-state index in [9.17, 15) is 5.11 Å². The molecule has 2 aromatic rings. The van der Waals surface area contributed by atoms with Gasteiger partial charge in [0.15, 0.2) is 18.0 Å². The summed E-state index contributed by atoms with van der Waals surface area (Å²) in [5, 5.41) is 12.0. The zero-order chi connectivity index (χ0) is 19.7. The first-order valence-corrected chi connectivity index (χ1v) is 10.00. The molecule has 0 bridgehead atoms. The van der Waals surface area contributed by atoms with E-state index in [0.29, 0.717) is 18.0 Å². The molecule has 5 nitrogen and oxygen atoms in total. The molecule has 2 aliphatic heterocycles. The van der Waals surface area contributed by atoms with Crippen LogP contribution < -0.4 is 14.4 Å². The molecule has 28 heavy (non-hydrogen) atoms. The Morgan fingerprint density at radius 2 is 1.79 bits per heavy atom. The molecular formula is C23H29N2O3+. The van der Waals surface area contributed by atoms with Gasteiger partial charge in [0.25, 0.3) is 11.6 Å². The molecule has 0 spiro atoms. The van der Waals surface area contributed by atoms with Crippen LogP contribution in [0.1, 0.15) is 36.8 Å². The Kier molecular flexibility index (Phi) is 5.02. The van der Waals surface area contributed by atoms with Crippen molar-refractivity contribution in [1.29, 1.82) is 0 Å². The zero-order valence-corrected chi connectivity index (χ0v) is 16.9. The molecule has 2 aliphatic rings. The van der Waals surface area contributed by atoms with E-state index in [1.165, 1.54) is 23.5 Å². The number of aliphatic hydroxyl groups is 1. The summed E-state index contributed by atoms with van der Waals surface area (Å²) in [5.74, 6) is 2.52. The summed E-state index contributed by atoms with van der Waals surface area (Å²) in [5.41, 5.74) is 2.12. The lowest BCUT2D eigenvalue weighted by Crippen LogP contribution is -2.41. The number of benzene rings is 2. The van der Waals surface area contributed by atoms with Crippen molar-refractivity contribution in [3.8, 4) is 11.5 Å². The quantitative estimate of drug-likeness (QED) is 0.821. The molecule has 148 valence electrons. The molecule has 0 saturated heterocycles. The zero-order valence-electron chi connectivity index (χ0n) is 16.9. The second-order valence-electron chi connectivity index (χ2n) is 7.64. The molecule has 0 unspecified atom stereocenters. The van der Waals surface area contributed by atoms with E-state index in [1.54, 1.807) is 14.2 Å². The smallest absolute Gasteiger partial charge is 0.271 e. The number of para-hydroxylation sites is 1. The van der Waals surface area contributed by atoms with Crippen LogP contribution in [0.15, 0.2) is 42.5 Å². The number of β-amino-alcohol motifs (C(OH)–C–C–N with tert-alkyl or cyclic N) is 1. The van der Waals surface area contributed by atoms with Crippen molar-refractivity contribution in [2.45, 2.75) is 38.3 Å². The standard InChI is InChI=1S/C23H29N2O3/c1-17-9-6-7-10-19(17)24-16-23(26,25-14-8-4-5-11-22(24)25)18-12-13-20(27-2)21(15-18)28-3/h6-7,9-10,12-13,15,26H,4-5,8,11,14,16H2,1-3H3/q+1/t23-/m0/s1. The number of nitrogens with zero attached hydrogens (tertiary/aromatic N) is 2. The summed E-state index contributed by atoms with van der Waals surface area (Å²) in [6, 6.07) is 14.1. The monoisotopic (exact) mass is 381 g/mol. The van der Waals surface area contributed by atoms with Crippen LogP contribution in [0.25, 0.3) is 0 Å². The minimum atomic E-state index is -1.10. The van der Waals surface area contributed by atoms with Gasteiger partial charge < -0.3 is 14.6 Å². The van der Waals surface area contributed by atoms with E-state index in [2.05, 4.69) is 40.7 Å². The molecule has 2 aromatic carbocycles. The van der Waals surface area contributed by atoms with Crippen molar-refractivity contribution in [1.82, 2.24) is 0 Å². The van der Waals surface area contributed by atoms with Crippen LogP contribution in [0.4, 0.5) is 5.69 Å². The molecule has 0 fully saturated rings. The second kappa shape index (κ2) is 7.47. The minimum Gasteiger partial charge on any atom is -0.493 e. The highest BCUT2D eigenvalue weighted by atomic mass is 16.5. The first-order valence-electron chi connectivity index (χ1n) is 10.00. The number of ether oxygens (including phenoxy) is 2. The summed E-state index contributed by atoms with van der Waals surface area (Å²) in [7, 11) is 3.26. The lowest BCUT2D eigenvalue weighted by Gasteiger charge is -2.24. The number of hydrogen-bond acceptors (Lipinski definition) is 4. The van der Waals surface area contributed by atoms with Gasteiger partial charge in [-0.25, -0.2) is 9.48 Å². The second-order valence-corrected chi connectivity index (χ2v) is 7.64. The fraction of sp³-hybridized carbons (Fsp3) is 0.435. The first kappa shape index (κ1) is 18.8. The lowest BCUT2D eigenvalue weighted by molar-refractivity contribution is -0.658. The van der Waals surface area contributed by atoms with Crippen molar-refractivity contribution in [3.05, 3.63) is 53.6 Å². The van der Waals surface area contributed by atoms with Crippen molar-refractivity contribution < 1.29 is 19.2 Å². The summed E-state index contributed by atoms with van der Waals surface area (Å²) < 4.78 is 13.1. The third-order valence-electron chi connectivity index (χ3n) is 5.98. The number of amidine groups is 1. The molecule has 2 heterocycles. The molecule has 1 atom stereocenters. The maximum Gasteiger partial charge on any atom is 0.271 e. The fourth-order valence-electron chi connectivity index (χ4n) is 4.49. The third kappa shape index (κ3) is 3.04. The average molecular weight is 381 g/mol. The predicted molar refractivity (Wildman–Crippen MR) is 111 cm³/mol. The van der Waals surface area contributed by atoms with Gasteiger partial charge in [0.2, 0.25) is 0 Å². The molecule has 0 amide bonds. The van der Waals surface area contributed by atoms with Gasteiger partial charge in [0.05, 0.1) is 20.8 Å². The molecule has 0 saturated carbocycles. The highest BCUT2D eigenvalue weighted by Crippen LogP contribution is 2.39. The normalized spacial score (nSPS) is 22.1. The molecule has 0 radical (unpaired) electrons. The molecule has 0 aliphatic carbocycles. The van der Waals surface area contributed by atoms with Crippen molar-refractivity contribution in [2.24, 2.45) is 0 Å². The third-order valence-corrected chi connectivity index (χ3v) is 5.98. The van der Waals surface area contributed by atoms with Gasteiger partial charge in [0.1, 0.15) is 5.69 Å². The van der Waals surface area contributed by atoms with E-state index >= 15 is 0 Å². The Balaban J connectivity index is 1.83. The van der Waals surface area contributed by atoms with Crippen molar-refractivity contribution in [3.63, 3.8) is 0 Å². The summed E-state index contributed by atoms with van der Waals surface area (Å²) in [4.78, 5) is 2.30. The predicted octanol–water partition coefficient (Wildman–Crippen LogP) is 3.66. The number of rotatable bonds is 4. The summed E-state index contributed by atoms with van der Waals surface area (Å²) in [6.07, 6.45) is 4.39. The molecule has 4 rings (SSSR count). The van der Waals surface area contributed by atoms with Crippen LogP contribution in [0.5, 0.6) is 11.5 Å². The Labute approximate surface area is 166 Å². The van der Waals surface area contributed by atoms with Gasteiger partial charge in [-0.15, -0.1) is 0 Å². The number of hydrogen-bond donors (Lipinski definition) is 1. The van der Waals surface area contributed by atoms with Crippen LogP contribution in [-0.2, 0) is 5.72 Å². The lowest BCUT2D eigenvalue weighted by atomic mass is 10.0. The van der Waals surface area contributed by atoms with Gasteiger partial charge in [0, 0.05) is 12.0 Å². The summed E-state index contributed by atoms with van der Waals surface area (Å²) in [6.45, 7) is 3.48. The number of methoxy groups -OCH3 is 2. The highest BCUT2D eigenvalue weighted by Gasteiger charge is 2.52. The van der Waals surface area contributed by atoms with Gasteiger partial charge in [-0.1, -0.05) is 18.2 Å². The van der Waals surface area contributed by atoms with Crippen LogP contribution in [0.2, 0.25) is 0 Å². The van der Waals surface area contributed by atoms with Crippen LogP contribution in [-0.4, -0.2) is 42.8 Å². The Morgan fingerprint density at radius 3 is 2.54 bits per heavy atom. The van der Waals surface area contributed by atoms with Gasteiger partial charge >= 0.3 is 0 Å². The van der Waals surface area contributed by atoms with Crippen LogP contribution >= 0.6 is 0 Å². The average Bonchev–Trinajstić information content (AvgIpc) is 2.87. The van der Waals surface area contributed by atoms with Crippen molar-refractivity contribution >= 4 is 11.5 Å². The first-order chi connectivity index (χ1) is 13.6. The summed E-state index contributed by atoms with van der Waals surface area (Å²) >= 11 is 0. The number of aryl methyl sites for hydroxylation is 1. The van der Waals surface area contributed by atoms with E-state index < -0.39 is 5.72 Å². The Bertz CT molecular complexity index is 908. The van der Waals surface area contributed by atoms with Gasteiger partial charge in [-0.2, -0.15) is 0 Å². The van der Waals surface area contributed by atoms with Crippen molar-refractivity contribution in [2.75, 3.05) is 32.2 Å². The SMILES string of the molecule is COc1ccc([C@@]2(O)CN(c3ccccc3C)C3=[N+]2CCCCC3)cc1OC. The van der Waals surface area contributed by atoms with Gasteiger partial charge in [-0.3, -0.25) is 0 Å². The topological polar surface area (TPSA) is 44.9 Å². The Hall–Kier alpha value is -2.53. The molecule has 5 heteroatoms. The number of anilines is 1. The largest absolute Gasteiger partial charge is 0.493 e. The molecule has 0 aromatic heterocycles. The molecular weight excluding hydrogens is 352 g/mol. The van der Waals surface area contributed by atoms with E-state index in [0.717, 1.165) is 31.4 Å². The van der Waals surface area contributed by atoms with E-state index in [-0.39, 0.29) is 0 Å². The van der Waals surface area contributed by atoms with Crippen LogP contribution in [0.3, 0.4) is 0 Å². The van der Waals surface area contributed by atoms with Crippen LogP contribution in [0, 0.1) is 6.92 Å². The van der Waals surface area contributed by atoms with Gasteiger partial charge in [-0.05, 0) is 56.0 Å². The van der Waals surface area contributed by atoms with E-state index in [4.69, 9.17) is 9.47 Å². The highest BCUT2D eigenvalue weighted by molar-refractivity contribution is 5.96. The maximum absolute atomic E-state index is 12.0.